The molecular formula is C15H17NO. The standard InChI is InChI=1S/C15H17NO/c1-12(14-7-9-15(16)10-8-14)17-11-13-5-3-2-4-6-13/h2-10,12H,11,16H2,1H3/t12-/m1/s1. The van der Waals surface area contributed by atoms with Crippen LogP contribution in [0.5, 0.6) is 0 Å². The summed E-state index contributed by atoms with van der Waals surface area (Å²) in [6, 6.07) is 18.0. The van der Waals surface area contributed by atoms with Gasteiger partial charge < -0.3 is 10.5 Å². The lowest BCUT2D eigenvalue weighted by Gasteiger charge is -2.13. The van der Waals surface area contributed by atoms with Crippen molar-refractivity contribution in [2.24, 2.45) is 0 Å². The van der Waals surface area contributed by atoms with Crippen LogP contribution in [-0.4, -0.2) is 0 Å². The van der Waals surface area contributed by atoms with Crippen LogP contribution in [0.4, 0.5) is 5.69 Å². The predicted molar refractivity (Wildman–Crippen MR) is 70.5 cm³/mol. The average Bonchev–Trinajstić information content (AvgIpc) is 2.38. The lowest BCUT2D eigenvalue weighted by molar-refractivity contribution is 0.0526. The zero-order valence-corrected chi connectivity index (χ0v) is 9.97. The van der Waals surface area contributed by atoms with Gasteiger partial charge in [-0.25, -0.2) is 0 Å². The Kier molecular flexibility index (Phi) is 3.78. The van der Waals surface area contributed by atoms with Gasteiger partial charge in [-0.3, -0.25) is 0 Å². The van der Waals surface area contributed by atoms with E-state index in [1.165, 1.54) is 5.56 Å². The second-order valence-corrected chi connectivity index (χ2v) is 4.11. The third kappa shape index (κ3) is 3.33. The SMILES string of the molecule is C[C@@H](OCc1ccccc1)c1ccc(N)cc1. The van der Waals surface area contributed by atoms with Gasteiger partial charge in [0.1, 0.15) is 0 Å². The molecule has 2 heteroatoms. The van der Waals surface area contributed by atoms with Crippen molar-refractivity contribution in [2.45, 2.75) is 19.6 Å². The van der Waals surface area contributed by atoms with Gasteiger partial charge in [-0.2, -0.15) is 0 Å². The molecule has 17 heavy (non-hydrogen) atoms. The van der Waals surface area contributed by atoms with Gasteiger partial charge in [0.25, 0.3) is 0 Å². The van der Waals surface area contributed by atoms with Gasteiger partial charge in [0.2, 0.25) is 0 Å². The Morgan fingerprint density at radius 3 is 2.29 bits per heavy atom. The number of benzene rings is 2. The Labute approximate surface area is 102 Å². The number of hydrogen-bond acceptors (Lipinski definition) is 2. The highest BCUT2D eigenvalue weighted by atomic mass is 16.5. The van der Waals surface area contributed by atoms with Crippen LogP contribution in [0.1, 0.15) is 24.2 Å². The molecule has 0 saturated heterocycles. The van der Waals surface area contributed by atoms with E-state index in [0.29, 0.717) is 6.61 Å². The first-order valence-corrected chi connectivity index (χ1v) is 5.76. The van der Waals surface area contributed by atoms with Gasteiger partial charge in [0.05, 0.1) is 12.7 Å². The Hall–Kier alpha value is -1.80. The monoisotopic (exact) mass is 227 g/mol. The Bertz CT molecular complexity index is 450. The first kappa shape index (κ1) is 11.7. The zero-order valence-electron chi connectivity index (χ0n) is 9.97. The summed E-state index contributed by atoms with van der Waals surface area (Å²) in [4.78, 5) is 0. The largest absolute Gasteiger partial charge is 0.399 e. The number of rotatable bonds is 4. The normalized spacial score (nSPS) is 12.3. The molecule has 2 aromatic rings. The lowest BCUT2D eigenvalue weighted by Crippen LogP contribution is -2.00. The average molecular weight is 227 g/mol. The summed E-state index contributed by atoms with van der Waals surface area (Å²) in [5, 5.41) is 0. The molecule has 88 valence electrons. The topological polar surface area (TPSA) is 35.2 Å². The highest BCUT2D eigenvalue weighted by Gasteiger charge is 2.05. The molecule has 0 heterocycles. The lowest BCUT2D eigenvalue weighted by atomic mass is 10.1. The van der Waals surface area contributed by atoms with E-state index in [0.717, 1.165) is 11.3 Å². The molecule has 2 nitrogen and oxygen atoms in total. The van der Waals surface area contributed by atoms with Gasteiger partial charge >= 0.3 is 0 Å². The number of nitrogens with two attached hydrogens (primary N) is 1. The van der Waals surface area contributed by atoms with E-state index >= 15 is 0 Å². The first-order chi connectivity index (χ1) is 8.25. The van der Waals surface area contributed by atoms with Crippen LogP contribution in [0.2, 0.25) is 0 Å². The first-order valence-electron chi connectivity index (χ1n) is 5.76. The summed E-state index contributed by atoms with van der Waals surface area (Å²) < 4.78 is 5.81. The number of hydrogen-bond donors (Lipinski definition) is 1. The van der Waals surface area contributed by atoms with E-state index < -0.39 is 0 Å². The van der Waals surface area contributed by atoms with Gasteiger partial charge in [-0.05, 0) is 30.2 Å². The zero-order chi connectivity index (χ0) is 12.1. The van der Waals surface area contributed by atoms with Crippen molar-refractivity contribution in [3.63, 3.8) is 0 Å². The van der Waals surface area contributed by atoms with Crippen molar-refractivity contribution >= 4 is 5.69 Å². The molecule has 2 rings (SSSR count). The summed E-state index contributed by atoms with van der Waals surface area (Å²) in [7, 11) is 0. The molecular weight excluding hydrogens is 210 g/mol. The maximum atomic E-state index is 5.81. The molecule has 0 fully saturated rings. The molecule has 0 radical (unpaired) electrons. The molecule has 0 spiro atoms. The van der Waals surface area contributed by atoms with Crippen molar-refractivity contribution in [1.82, 2.24) is 0 Å². The van der Waals surface area contributed by atoms with Crippen LogP contribution in [0.25, 0.3) is 0 Å². The van der Waals surface area contributed by atoms with Crippen LogP contribution in [-0.2, 0) is 11.3 Å². The minimum Gasteiger partial charge on any atom is -0.399 e. The number of anilines is 1. The summed E-state index contributed by atoms with van der Waals surface area (Å²) in [5.74, 6) is 0. The summed E-state index contributed by atoms with van der Waals surface area (Å²) in [5.41, 5.74) is 8.77. The second kappa shape index (κ2) is 5.51. The molecule has 0 unspecified atom stereocenters. The predicted octanol–water partition coefficient (Wildman–Crippen LogP) is 3.55. The van der Waals surface area contributed by atoms with Crippen molar-refractivity contribution in [1.29, 1.82) is 0 Å². The van der Waals surface area contributed by atoms with Gasteiger partial charge in [-0.15, -0.1) is 0 Å². The van der Waals surface area contributed by atoms with Crippen molar-refractivity contribution in [3.05, 3.63) is 65.7 Å². The molecule has 2 N–H and O–H groups in total. The minimum atomic E-state index is 0.0795. The van der Waals surface area contributed by atoms with Gasteiger partial charge in [-0.1, -0.05) is 42.5 Å². The number of nitrogen functional groups attached to an aromatic ring is 1. The molecule has 2 aromatic carbocycles. The summed E-state index contributed by atoms with van der Waals surface area (Å²) in [6.45, 7) is 2.68. The van der Waals surface area contributed by atoms with Crippen LogP contribution in [0, 0.1) is 0 Å². The quantitative estimate of drug-likeness (QED) is 0.811. The Morgan fingerprint density at radius 2 is 1.65 bits per heavy atom. The fourth-order valence-electron chi connectivity index (χ4n) is 1.66. The van der Waals surface area contributed by atoms with E-state index in [1.54, 1.807) is 0 Å². The summed E-state index contributed by atoms with van der Waals surface area (Å²) >= 11 is 0. The maximum Gasteiger partial charge on any atom is 0.0801 e. The third-order valence-corrected chi connectivity index (χ3v) is 2.75. The van der Waals surface area contributed by atoms with Gasteiger partial charge in [0, 0.05) is 5.69 Å². The van der Waals surface area contributed by atoms with Crippen LogP contribution < -0.4 is 5.73 Å². The van der Waals surface area contributed by atoms with E-state index in [9.17, 15) is 0 Å². The molecule has 0 saturated carbocycles. The molecule has 0 bridgehead atoms. The fourth-order valence-corrected chi connectivity index (χ4v) is 1.66. The molecule has 0 aliphatic heterocycles. The molecule has 0 aliphatic carbocycles. The Balaban J connectivity index is 1.93. The molecule has 0 amide bonds. The van der Waals surface area contributed by atoms with E-state index in [4.69, 9.17) is 10.5 Å². The van der Waals surface area contributed by atoms with Crippen molar-refractivity contribution in [3.8, 4) is 0 Å². The van der Waals surface area contributed by atoms with Gasteiger partial charge in [0.15, 0.2) is 0 Å². The Morgan fingerprint density at radius 1 is 1.00 bits per heavy atom. The van der Waals surface area contributed by atoms with Crippen molar-refractivity contribution < 1.29 is 4.74 Å². The molecule has 1 atom stereocenters. The van der Waals surface area contributed by atoms with E-state index in [-0.39, 0.29) is 6.10 Å². The van der Waals surface area contributed by atoms with Crippen LogP contribution >= 0.6 is 0 Å². The third-order valence-electron chi connectivity index (χ3n) is 2.75. The minimum absolute atomic E-state index is 0.0795. The summed E-state index contributed by atoms with van der Waals surface area (Å²) in [6.07, 6.45) is 0.0795. The van der Waals surface area contributed by atoms with Crippen LogP contribution in [0.3, 0.4) is 0 Å². The van der Waals surface area contributed by atoms with Crippen molar-refractivity contribution in [2.75, 3.05) is 5.73 Å². The maximum absolute atomic E-state index is 5.81. The second-order valence-electron chi connectivity index (χ2n) is 4.11. The van der Waals surface area contributed by atoms with E-state index in [1.807, 2.05) is 42.5 Å². The highest BCUT2D eigenvalue weighted by Crippen LogP contribution is 2.19. The smallest absolute Gasteiger partial charge is 0.0801 e. The highest BCUT2D eigenvalue weighted by molar-refractivity contribution is 5.39. The van der Waals surface area contributed by atoms with Crippen LogP contribution in [0.15, 0.2) is 54.6 Å². The molecule has 0 aliphatic rings. The number of ether oxygens (including phenoxy) is 1. The fraction of sp³-hybridized carbons (Fsp3) is 0.200. The van der Waals surface area contributed by atoms with E-state index in [2.05, 4.69) is 19.1 Å². The molecule has 0 aromatic heterocycles.